The van der Waals surface area contributed by atoms with Crippen molar-refractivity contribution < 1.29 is 35.5 Å². The normalized spacial score (nSPS) is 11.6. The highest BCUT2D eigenvalue weighted by Gasteiger charge is 2.28. The first kappa shape index (κ1) is 28.5. The van der Waals surface area contributed by atoms with Gasteiger partial charge in [-0.2, -0.15) is 5.10 Å². The van der Waals surface area contributed by atoms with Crippen LogP contribution in [0.5, 0.6) is 5.88 Å². The molecule has 0 aliphatic carbocycles. The Morgan fingerprint density at radius 3 is 2.55 bits per heavy atom. The monoisotopic (exact) mass is 601 g/mol. The van der Waals surface area contributed by atoms with Crippen LogP contribution in [0.15, 0.2) is 64.5 Å². The molecule has 3 aromatic heterocycles. The molecule has 0 radical (unpaired) electrons. The number of nitrogens with one attached hydrogen (secondary N) is 2. The van der Waals surface area contributed by atoms with Crippen molar-refractivity contribution in [3.8, 4) is 17.0 Å². The van der Waals surface area contributed by atoms with Crippen LogP contribution in [0.2, 0.25) is 0 Å². The topological polar surface area (TPSA) is 136 Å². The maximum Gasteiger partial charge on any atom is 0.274 e. The van der Waals surface area contributed by atoms with E-state index in [0.717, 1.165) is 31.5 Å². The highest BCUT2D eigenvalue weighted by atomic mass is 32.2. The van der Waals surface area contributed by atoms with Gasteiger partial charge in [0.05, 0.1) is 30.3 Å². The van der Waals surface area contributed by atoms with Crippen LogP contribution in [0.3, 0.4) is 0 Å². The molecule has 10 nitrogen and oxygen atoms in total. The first-order chi connectivity index (χ1) is 19.9. The number of H-pyrrole nitrogens is 1. The largest absolute Gasteiger partial charge is 0.480 e. The van der Waals surface area contributed by atoms with Crippen molar-refractivity contribution in [1.82, 2.24) is 19.7 Å². The van der Waals surface area contributed by atoms with Gasteiger partial charge >= 0.3 is 0 Å². The van der Waals surface area contributed by atoms with Gasteiger partial charge in [0.2, 0.25) is 11.4 Å². The van der Waals surface area contributed by atoms with Crippen LogP contribution >= 0.6 is 0 Å². The van der Waals surface area contributed by atoms with Gasteiger partial charge < -0.3 is 14.6 Å². The Morgan fingerprint density at radius 2 is 1.83 bits per heavy atom. The third-order valence-electron chi connectivity index (χ3n) is 6.34. The quantitative estimate of drug-likeness (QED) is 0.268. The number of carbonyl (C=O) groups excluding carboxylic acids is 1. The number of rotatable bonds is 7. The van der Waals surface area contributed by atoms with Gasteiger partial charge in [0.1, 0.15) is 33.6 Å². The van der Waals surface area contributed by atoms with Gasteiger partial charge in [-0.15, -0.1) is 0 Å². The van der Waals surface area contributed by atoms with Gasteiger partial charge in [-0.05, 0) is 24.3 Å². The van der Waals surface area contributed by atoms with E-state index >= 15 is 8.78 Å². The second-order valence-electron chi connectivity index (χ2n) is 9.06. The summed E-state index contributed by atoms with van der Waals surface area (Å²) in [7, 11) is -1.86. The summed E-state index contributed by atoms with van der Waals surface area (Å²) in [6.07, 6.45) is 2.11. The average molecular weight is 602 g/mol. The van der Waals surface area contributed by atoms with Crippen LogP contribution < -0.4 is 15.6 Å². The summed E-state index contributed by atoms with van der Waals surface area (Å²) in [5.41, 5.74) is -2.60. The molecule has 0 atom stereocenters. The summed E-state index contributed by atoms with van der Waals surface area (Å²) < 4.78 is 92.0. The molecule has 1 amide bonds. The fraction of sp³-hybridized carbons (Fsp3) is 0.111. The second kappa shape index (κ2) is 10.7. The molecular formula is C27H19F4N5O5S. The number of hydrogen-bond donors (Lipinski definition) is 2. The molecule has 0 fully saturated rings. The number of hydrogen-bond acceptors (Lipinski definition) is 7. The van der Waals surface area contributed by atoms with Gasteiger partial charge in [-0.3, -0.25) is 14.7 Å². The highest BCUT2D eigenvalue weighted by Crippen LogP contribution is 2.35. The van der Waals surface area contributed by atoms with Crippen LogP contribution in [0, 0.1) is 23.3 Å². The number of anilines is 1. The van der Waals surface area contributed by atoms with Crippen molar-refractivity contribution >= 4 is 32.3 Å². The van der Waals surface area contributed by atoms with E-state index in [2.05, 4.69) is 20.5 Å². The van der Waals surface area contributed by atoms with Gasteiger partial charge in [0.15, 0.2) is 15.7 Å². The maximum atomic E-state index is 15.6. The average Bonchev–Trinajstić information content (AvgIpc) is 3.39. The summed E-state index contributed by atoms with van der Waals surface area (Å²) in [5.74, 6) is -6.93. The van der Waals surface area contributed by atoms with Crippen molar-refractivity contribution in [3.63, 3.8) is 0 Å². The number of methoxy groups -OCH3 is 1. The Bertz CT molecular complexity index is 2060. The zero-order chi connectivity index (χ0) is 30.3. The minimum atomic E-state index is -4.46. The number of aromatic amines is 1. The number of nitrogens with zero attached hydrogens (tertiary/aromatic N) is 3. The smallest absolute Gasteiger partial charge is 0.274 e. The third-order valence-corrected chi connectivity index (χ3v) is 7.99. The number of pyridine rings is 2. The van der Waals surface area contributed by atoms with E-state index in [-0.39, 0.29) is 22.3 Å². The predicted molar refractivity (Wildman–Crippen MR) is 143 cm³/mol. The van der Waals surface area contributed by atoms with E-state index in [0.29, 0.717) is 6.07 Å². The maximum absolute atomic E-state index is 15.6. The molecule has 42 heavy (non-hydrogen) atoms. The van der Waals surface area contributed by atoms with Gasteiger partial charge in [-0.25, -0.2) is 31.0 Å². The highest BCUT2D eigenvalue weighted by molar-refractivity contribution is 7.90. The molecule has 2 N–H and O–H groups in total. The lowest BCUT2D eigenvalue weighted by Gasteiger charge is -2.13. The molecular weight excluding hydrogens is 582 g/mol. The molecule has 0 saturated heterocycles. The number of aryl methyl sites for hydroxylation is 1. The molecule has 0 aliphatic rings. The van der Waals surface area contributed by atoms with Crippen LogP contribution in [-0.2, 0) is 22.6 Å². The van der Waals surface area contributed by atoms with Crippen LogP contribution in [-0.4, -0.2) is 41.2 Å². The molecule has 5 rings (SSSR count). The third kappa shape index (κ3) is 5.09. The number of fused-ring (bicyclic) bond motifs is 1. The van der Waals surface area contributed by atoms with Crippen LogP contribution in [0.1, 0.15) is 16.1 Å². The van der Waals surface area contributed by atoms with E-state index in [1.807, 2.05) is 0 Å². The number of sulfone groups is 1. The standard InChI is InChI=1S/C27H19F4N5O5S/c1-36-11-15(4-8-20(36)37)33-26(38)25-17-6-5-16(23(31)24(17)34-35-25)21-18(29)7-3-13(22(21)30)12-42(39,40)19-9-14(28)10-32-27(19)41-2/h3-11H,12H2,1-2H3,(H,33,38)(H,34,35). The molecule has 0 spiro atoms. The van der Waals surface area contributed by atoms with Gasteiger partial charge in [0.25, 0.3) is 5.91 Å². The van der Waals surface area contributed by atoms with Crippen LogP contribution in [0.4, 0.5) is 23.2 Å². The molecule has 15 heteroatoms. The van der Waals surface area contributed by atoms with E-state index in [1.165, 1.54) is 36.0 Å². The number of carbonyl (C=O) groups is 1. The van der Waals surface area contributed by atoms with Gasteiger partial charge in [0, 0.05) is 35.8 Å². The lowest BCUT2D eigenvalue weighted by atomic mass is 9.99. The molecule has 0 bridgehead atoms. The number of halogens is 4. The molecule has 2 aromatic carbocycles. The Balaban J connectivity index is 1.52. The summed E-state index contributed by atoms with van der Waals surface area (Å²) in [4.78, 5) is 27.3. The fourth-order valence-electron chi connectivity index (χ4n) is 4.30. The van der Waals surface area contributed by atoms with E-state index < -0.39 is 77.7 Å². The second-order valence-corrected chi connectivity index (χ2v) is 11.0. The lowest BCUT2D eigenvalue weighted by molar-refractivity contribution is 0.102. The Morgan fingerprint density at radius 1 is 1.07 bits per heavy atom. The number of amides is 1. The van der Waals surface area contributed by atoms with Crippen molar-refractivity contribution in [2.75, 3.05) is 12.4 Å². The summed E-state index contributed by atoms with van der Waals surface area (Å²) >= 11 is 0. The summed E-state index contributed by atoms with van der Waals surface area (Å²) in [6, 6.07) is 7.15. The Hall–Kier alpha value is -5.05. The van der Waals surface area contributed by atoms with Crippen molar-refractivity contribution in [3.05, 3.63) is 99.7 Å². The number of aromatic nitrogens is 4. The Labute approximate surface area is 234 Å². The number of benzene rings is 2. The zero-order valence-corrected chi connectivity index (χ0v) is 22.5. The molecule has 216 valence electrons. The van der Waals surface area contributed by atoms with E-state index in [1.54, 1.807) is 0 Å². The lowest BCUT2D eigenvalue weighted by Crippen LogP contribution is -2.18. The Kier molecular flexibility index (Phi) is 7.28. The van der Waals surface area contributed by atoms with Gasteiger partial charge in [-0.1, -0.05) is 12.1 Å². The SMILES string of the molecule is COc1ncc(F)cc1S(=O)(=O)Cc1ccc(F)c(-c2ccc3c(C(=O)Nc4ccc(=O)n(C)c4)[nH]nc3c2F)c1F. The van der Waals surface area contributed by atoms with Crippen molar-refractivity contribution in [2.24, 2.45) is 7.05 Å². The van der Waals surface area contributed by atoms with Crippen LogP contribution in [0.25, 0.3) is 22.0 Å². The minimum absolute atomic E-state index is 0.0104. The van der Waals surface area contributed by atoms with E-state index in [9.17, 15) is 26.8 Å². The summed E-state index contributed by atoms with van der Waals surface area (Å²) in [6.45, 7) is 0. The molecule has 0 aliphatic heterocycles. The predicted octanol–water partition coefficient (Wildman–Crippen LogP) is 4.11. The minimum Gasteiger partial charge on any atom is -0.480 e. The first-order valence-corrected chi connectivity index (χ1v) is 13.6. The molecule has 5 aromatic rings. The molecule has 0 saturated carbocycles. The zero-order valence-electron chi connectivity index (χ0n) is 21.7. The van der Waals surface area contributed by atoms with Crippen molar-refractivity contribution in [1.29, 1.82) is 0 Å². The van der Waals surface area contributed by atoms with E-state index in [4.69, 9.17) is 4.74 Å². The number of ether oxygens (including phenoxy) is 1. The molecule has 0 unspecified atom stereocenters. The summed E-state index contributed by atoms with van der Waals surface area (Å²) in [5, 5.41) is 8.72. The fourth-order valence-corrected chi connectivity index (χ4v) is 5.78. The first-order valence-electron chi connectivity index (χ1n) is 12.0. The van der Waals surface area contributed by atoms with Crippen molar-refractivity contribution in [2.45, 2.75) is 10.6 Å². The molecule has 3 heterocycles.